The minimum Gasteiger partial charge on any atom is -0.488 e. The van der Waals surface area contributed by atoms with Crippen LogP contribution in [0.1, 0.15) is 38.3 Å². The zero-order valence-corrected chi connectivity index (χ0v) is 13.6. The van der Waals surface area contributed by atoms with Crippen molar-refractivity contribution in [1.82, 2.24) is 5.32 Å². The first-order valence-electron chi connectivity index (χ1n) is 8.12. The molecule has 0 radical (unpaired) electrons. The summed E-state index contributed by atoms with van der Waals surface area (Å²) in [6, 6.07) is 7.00. The molecule has 0 saturated heterocycles. The molecule has 1 aromatic carbocycles. The minimum absolute atomic E-state index is 0.220. The molecule has 3 heteroatoms. The van der Waals surface area contributed by atoms with Crippen molar-refractivity contribution in [3.8, 4) is 5.75 Å². The van der Waals surface area contributed by atoms with E-state index < -0.39 is 0 Å². The van der Waals surface area contributed by atoms with Crippen molar-refractivity contribution in [2.45, 2.75) is 58.8 Å². The number of ether oxygens (including phenoxy) is 2. The van der Waals surface area contributed by atoms with E-state index >= 15 is 0 Å². The highest BCUT2D eigenvalue weighted by Gasteiger charge is 2.48. The fraction of sp³-hybridized carbons (Fsp3) is 0.667. The fourth-order valence-electron chi connectivity index (χ4n) is 3.55. The number of aryl methyl sites for hydroxylation is 1. The molecule has 21 heavy (non-hydrogen) atoms. The fourth-order valence-corrected chi connectivity index (χ4v) is 3.55. The average molecular weight is 289 g/mol. The van der Waals surface area contributed by atoms with Crippen molar-refractivity contribution in [1.29, 1.82) is 0 Å². The molecule has 0 aromatic heterocycles. The highest BCUT2D eigenvalue weighted by Crippen LogP contribution is 2.42. The minimum atomic E-state index is 0.220. The molecule has 1 N–H and O–H groups in total. The van der Waals surface area contributed by atoms with Crippen molar-refractivity contribution in [3.63, 3.8) is 0 Å². The van der Waals surface area contributed by atoms with E-state index in [0.29, 0.717) is 12.1 Å². The average Bonchev–Trinajstić information content (AvgIpc) is 2.83. The molecule has 1 aliphatic heterocycles. The van der Waals surface area contributed by atoms with Crippen molar-refractivity contribution in [2.24, 2.45) is 5.41 Å². The van der Waals surface area contributed by atoms with Crippen molar-refractivity contribution < 1.29 is 9.47 Å². The van der Waals surface area contributed by atoms with Gasteiger partial charge in [-0.15, -0.1) is 0 Å². The molecule has 1 aromatic rings. The lowest BCUT2D eigenvalue weighted by Crippen LogP contribution is -2.61. The molecule has 116 valence electrons. The predicted molar refractivity (Wildman–Crippen MR) is 84.9 cm³/mol. The zero-order valence-electron chi connectivity index (χ0n) is 13.6. The molecular formula is C18H27NO2. The van der Waals surface area contributed by atoms with Crippen LogP contribution < -0.4 is 10.1 Å². The van der Waals surface area contributed by atoms with Crippen LogP contribution in [0.5, 0.6) is 5.75 Å². The van der Waals surface area contributed by atoms with Crippen LogP contribution in [-0.4, -0.2) is 31.4 Å². The molecule has 3 rings (SSSR count). The van der Waals surface area contributed by atoms with Crippen molar-refractivity contribution in [2.75, 3.05) is 13.2 Å². The van der Waals surface area contributed by atoms with E-state index in [0.717, 1.165) is 31.7 Å². The molecule has 0 spiro atoms. The molecule has 3 unspecified atom stereocenters. The van der Waals surface area contributed by atoms with E-state index in [1.165, 1.54) is 11.1 Å². The summed E-state index contributed by atoms with van der Waals surface area (Å²) >= 11 is 0. The van der Waals surface area contributed by atoms with Crippen LogP contribution in [0.15, 0.2) is 18.2 Å². The Bertz CT molecular complexity index is 512. The summed E-state index contributed by atoms with van der Waals surface area (Å²) in [5, 5.41) is 3.68. The Hall–Kier alpha value is -1.06. The van der Waals surface area contributed by atoms with Gasteiger partial charge in [0.05, 0.1) is 6.10 Å². The monoisotopic (exact) mass is 289 g/mol. The van der Waals surface area contributed by atoms with Crippen LogP contribution in [0, 0.1) is 12.3 Å². The van der Waals surface area contributed by atoms with Crippen LogP contribution in [-0.2, 0) is 11.2 Å². The van der Waals surface area contributed by atoms with Crippen LogP contribution >= 0.6 is 0 Å². The molecule has 2 aliphatic rings. The first-order chi connectivity index (χ1) is 10.0. The smallest absolute Gasteiger partial charge is 0.123 e. The highest BCUT2D eigenvalue weighted by molar-refractivity contribution is 5.40. The van der Waals surface area contributed by atoms with Gasteiger partial charge in [0.1, 0.15) is 11.9 Å². The van der Waals surface area contributed by atoms with Gasteiger partial charge in [0.2, 0.25) is 0 Å². The third-order valence-electron chi connectivity index (χ3n) is 5.09. The van der Waals surface area contributed by atoms with Crippen LogP contribution in [0.4, 0.5) is 0 Å². The van der Waals surface area contributed by atoms with E-state index in [9.17, 15) is 0 Å². The number of rotatable bonds is 5. The van der Waals surface area contributed by atoms with Gasteiger partial charge in [-0.3, -0.25) is 0 Å². The molecule has 0 bridgehead atoms. The first-order valence-corrected chi connectivity index (χ1v) is 8.12. The van der Waals surface area contributed by atoms with Gasteiger partial charge in [-0.1, -0.05) is 31.5 Å². The second kappa shape index (κ2) is 5.62. The lowest BCUT2D eigenvalue weighted by Gasteiger charge is -2.52. The second-order valence-electron chi connectivity index (χ2n) is 7.02. The number of hydrogen-bond donors (Lipinski definition) is 1. The van der Waals surface area contributed by atoms with Crippen molar-refractivity contribution >= 4 is 0 Å². The number of benzene rings is 1. The van der Waals surface area contributed by atoms with E-state index in [4.69, 9.17) is 9.47 Å². The van der Waals surface area contributed by atoms with Gasteiger partial charge in [0.15, 0.2) is 0 Å². The molecular weight excluding hydrogens is 262 g/mol. The summed E-state index contributed by atoms with van der Waals surface area (Å²) in [6.07, 6.45) is 2.79. The SMILES string of the molecule is CCOC1CC(NCC2Cc3cc(C)ccc3O2)C1(C)C. The van der Waals surface area contributed by atoms with Gasteiger partial charge >= 0.3 is 0 Å². The summed E-state index contributed by atoms with van der Waals surface area (Å²) in [5.74, 6) is 1.06. The van der Waals surface area contributed by atoms with Gasteiger partial charge < -0.3 is 14.8 Å². The molecule has 3 nitrogen and oxygen atoms in total. The summed E-state index contributed by atoms with van der Waals surface area (Å²) in [7, 11) is 0. The van der Waals surface area contributed by atoms with Gasteiger partial charge in [0.25, 0.3) is 0 Å². The van der Waals surface area contributed by atoms with Gasteiger partial charge in [-0.2, -0.15) is 0 Å². The lowest BCUT2D eigenvalue weighted by molar-refractivity contribution is -0.115. The maximum absolute atomic E-state index is 6.03. The Kier molecular flexibility index (Phi) is 3.98. The quantitative estimate of drug-likeness (QED) is 0.903. The lowest BCUT2D eigenvalue weighted by atomic mass is 9.64. The molecule has 3 atom stereocenters. The summed E-state index contributed by atoms with van der Waals surface area (Å²) in [6.45, 7) is 10.5. The van der Waals surface area contributed by atoms with E-state index in [1.54, 1.807) is 0 Å². The maximum Gasteiger partial charge on any atom is 0.123 e. The summed E-state index contributed by atoms with van der Waals surface area (Å²) in [5.41, 5.74) is 2.88. The zero-order chi connectivity index (χ0) is 15.0. The van der Waals surface area contributed by atoms with Crippen LogP contribution in [0.25, 0.3) is 0 Å². The molecule has 1 heterocycles. The van der Waals surface area contributed by atoms with Gasteiger partial charge in [-0.05, 0) is 31.9 Å². The Morgan fingerprint density at radius 1 is 1.38 bits per heavy atom. The Labute approximate surface area is 128 Å². The normalized spacial score (nSPS) is 29.6. The predicted octanol–water partition coefficient (Wildman–Crippen LogP) is 3.09. The molecule has 1 aliphatic carbocycles. The van der Waals surface area contributed by atoms with Crippen LogP contribution in [0.2, 0.25) is 0 Å². The topological polar surface area (TPSA) is 30.5 Å². The number of nitrogens with one attached hydrogen (secondary N) is 1. The maximum atomic E-state index is 6.03. The van der Waals surface area contributed by atoms with Crippen molar-refractivity contribution in [3.05, 3.63) is 29.3 Å². The standard InChI is InChI=1S/C18H27NO2/c1-5-20-17-10-16(18(17,3)4)19-11-14-9-13-8-12(2)6-7-15(13)21-14/h6-8,14,16-17,19H,5,9-11H2,1-4H3. The molecule has 1 saturated carbocycles. The Morgan fingerprint density at radius 3 is 2.90 bits per heavy atom. The summed E-state index contributed by atoms with van der Waals surface area (Å²) < 4.78 is 11.8. The van der Waals surface area contributed by atoms with E-state index in [-0.39, 0.29) is 11.5 Å². The van der Waals surface area contributed by atoms with Gasteiger partial charge in [-0.25, -0.2) is 0 Å². The second-order valence-corrected chi connectivity index (χ2v) is 7.02. The molecule has 0 amide bonds. The van der Waals surface area contributed by atoms with Gasteiger partial charge in [0, 0.05) is 31.0 Å². The third kappa shape index (κ3) is 2.82. The highest BCUT2D eigenvalue weighted by atomic mass is 16.5. The van der Waals surface area contributed by atoms with E-state index in [2.05, 4.69) is 51.2 Å². The first kappa shape index (κ1) is 14.9. The third-order valence-corrected chi connectivity index (χ3v) is 5.09. The Morgan fingerprint density at radius 2 is 2.19 bits per heavy atom. The molecule has 1 fully saturated rings. The Balaban J connectivity index is 1.50. The summed E-state index contributed by atoms with van der Waals surface area (Å²) in [4.78, 5) is 0. The number of hydrogen-bond acceptors (Lipinski definition) is 3. The number of fused-ring (bicyclic) bond motifs is 1. The largest absolute Gasteiger partial charge is 0.488 e. The van der Waals surface area contributed by atoms with Crippen LogP contribution in [0.3, 0.4) is 0 Å². The van der Waals surface area contributed by atoms with E-state index in [1.807, 2.05) is 0 Å².